The molecule has 1 heteroatoms. The van der Waals surface area contributed by atoms with Crippen LogP contribution < -0.4 is 0 Å². The van der Waals surface area contributed by atoms with E-state index < -0.39 is 0 Å². The second kappa shape index (κ2) is 4.18. The normalized spacial score (nSPS) is 6.00. The van der Waals surface area contributed by atoms with Gasteiger partial charge >= 0.3 is 42.5 Å². The molecule has 0 saturated carbocycles. The van der Waals surface area contributed by atoms with Gasteiger partial charge in [0.15, 0.2) is 0 Å². The molecule has 5 heavy (non-hydrogen) atoms. The molecule has 0 heterocycles. The molecule has 0 aliphatic heterocycles. The van der Waals surface area contributed by atoms with Crippen molar-refractivity contribution in [1.29, 1.82) is 0 Å². The van der Waals surface area contributed by atoms with Gasteiger partial charge in [-0.05, 0) is 0 Å². The Hall–Kier alpha value is 0.182. The van der Waals surface area contributed by atoms with Crippen LogP contribution in [-0.2, 0) is 19.2 Å². The number of hydrogen-bond donors (Lipinski definition) is 0. The minimum absolute atomic E-state index is 0.895. The Bertz CT molecular complexity index is 50.7. The number of hydrogen-bond acceptors (Lipinski definition) is 0. The van der Waals surface area contributed by atoms with Crippen molar-refractivity contribution in [2.24, 2.45) is 0 Å². The summed E-state index contributed by atoms with van der Waals surface area (Å²) in [6.07, 6.45) is 1.82. The average molecular weight is 160 g/mol. The van der Waals surface area contributed by atoms with Gasteiger partial charge in [0.05, 0.1) is 0 Å². The molecule has 0 rings (SSSR count). The molecule has 0 atom stereocenters. The zero-order chi connectivity index (χ0) is 4.12. The van der Waals surface area contributed by atoms with Crippen molar-refractivity contribution in [2.45, 2.75) is 4.89 Å². The zero-order valence-corrected chi connectivity index (χ0v) is 4.36. The Morgan fingerprint density at radius 3 is 2.60 bits per heavy atom. The molecule has 0 aliphatic carbocycles. The molecule has 0 bridgehead atoms. The molecule has 0 radical (unpaired) electrons. The molecular formula is C4H5Pd. The molecule has 0 aromatic carbocycles. The van der Waals surface area contributed by atoms with Gasteiger partial charge in [-0.2, -0.15) is 0 Å². The maximum atomic E-state index is 3.35. The summed E-state index contributed by atoms with van der Waals surface area (Å²) in [5.74, 6) is 0. The summed E-state index contributed by atoms with van der Waals surface area (Å²) in [4.78, 5) is 0.895. The van der Waals surface area contributed by atoms with Gasteiger partial charge in [-0.3, -0.25) is 0 Å². The Labute approximate surface area is 43.0 Å². The topological polar surface area (TPSA) is 0 Å². The average Bonchev–Trinajstić information content (AvgIpc) is 1.41. The van der Waals surface area contributed by atoms with Gasteiger partial charge in [0, 0.05) is 0 Å². The predicted molar refractivity (Wildman–Crippen MR) is 18.5 cm³/mol. The Balaban J connectivity index is 2.93. The summed E-state index contributed by atoms with van der Waals surface area (Å²) >= 11 is 2.93. The van der Waals surface area contributed by atoms with E-state index in [2.05, 4.69) is 31.5 Å². The predicted octanol–water partition coefficient (Wildman–Crippen LogP) is 1.29. The summed E-state index contributed by atoms with van der Waals surface area (Å²) in [6, 6.07) is 0. The van der Waals surface area contributed by atoms with Gasteiger partial charge in [-0.1, -0.05) is 0 Å². The van der Waals surface area contributed by atoms with Crippen LogP contribution in [0.3, 0.4) is 0 Å². The van der Waals surface area contributed by atoms with Crippen LogP contribution in [0.1, 0.15) is 0 Å². The van der Waals surface area contributed by atoms with Crippen molar-refractivity contribution in [3.05, 3.63) is 18.4 Å². The molecule has 31 valence electrons. The molecule has 0 spiro atoms. The van der Waals surface area contributed by atoms with Gasteiger partial charge in [0.1, 0.15) is 0 Å². The molecule has 0 nitrogen and oxygen atoms in total. The molecule has 0 aromatic heterocycles. The quantitative estimate of drug-likeness (QED) is 0.400. The molecule has 0 N–H and O–H groups in total. The maximum absolute atomic E-state index is 3.35. The van der Waals surface area contributed by atoms with Crippen molar-refractivity contribution in [2.75, 3.05) is 0 Å². The first kappa shape index (κ1) is 5.18. The van der Waals surface area contributed by atoms with Gasteiger partial charge in [-0.25, -0.2) is 0 Å². The van der Waals surface area contributed by atoms with E-state index >= 15 is 0 Å². The SMILES string of the molecule is C=C=C[CH2][Pd]. The van der Waals surface area contributed by atoms with E-state index in [1.165, 1.54) is 0 Å². The molecule has 0 aromatic rings. The molecular weight excluding hydrogens is 154 g/mol. The fourth-order valence-corrected chi connectivity index (χ4v) is 0.270. The third-order valence-electron chi connectivity index (χ3n) is 0.209. The van der Waals surface area contributed by atoms with Crippen LogP contribution in [0.2, 0.25) is 4.89 Å². The van der Waals surface area contributed by atoms with E-state index in [-0.39, 0.29) is 0 Å². The van der Waals surface area contributed by atoms with Crippen molar-refractivity contribution in [1.82, 2.24) is 0 Å². The summed E-state index contributed by atoms with van der Waals surface area (Å²) in [6.45, 7) is 3.35. The van der Waals surface area contributed by atoms with Crippen LogP contribution >= 0.6 is 0 Å². The van der Waals surface area contributed by atoms with E-state index in [1.807, 2.05) is 6.08 Å². The van der Waals surface area contributed by atoms with E-state index in [0.717, 1.165) is 4.89 Å². The first-order valence-corrected chi connectivity index (χ1v) is 2.37. The Morgan fingerprint density at radius 2 is 2.60 bits per heavy atom. The van der Waals surface area contributed by atoms with Crippen LogP contribution in [0, 0.1) is 0 Å². The first-order valence-electron chi connectivity index (χ1n) is 1.27. The molecule has 0 amide bonds. The summed E-state index contributed by atoms with van der Waals surface area (Å²) in [7, 11) is 0. The number of allylic oxidation sites excluding steroid dienone is 1. The van der Waals surface area contributed by atoms with Gasteiger partial charge < -0.3 is 0 Å². The minimum atomic E-state index is 0.895. The third kappa shape index (κ3) is 4.18. The first-order chi connectivity index (χ1) is 2.41. The molecule has 0 fully saturated rings. The Morgan fingerprint density at radius 1 is 2.00 bits per heavy atom. The number of rotatable bonds is 1. The monoisotopic (exact) mass is 159 g/mol. The van der Waals surface area contributed by atoms with E-state index in [9.17, 15) is 0 Å². The second-order valence-corrected chi connectivity index (χ2v) is 1.17. The van der Waals surface area contributed by atoms with Crippen LogP contribution in [-0.4, -0.2) is 0 Å². The summed E-state index contributed by atoms with van der Waals surface area (Å²) in [5.41, 5.74) is 2.60. The summed E-state index contributed by atoms with van der Waals surface area (Å²) in [5, 5.41) is 0. The van der Waals surface area contributed by atoms with Crippen molar-refractivity contribution < 1.29 is 19.2 Å². The standard InChI is InChI=1S/C4H5.Pd/c1-3-4-2;/h3H,1-2H2;. The van der Waals surface area contributed by atoms with E-state index in [4.69, 9.17) is 0 Å². The van der Waals surface area contributed by atoms with Crippen LogP contribution in [0.4, 0.5) is 0 Å². The fraction of sp³-hybridized carbons (Fsp3) is 0.250. The van der Waals surface area contributed by atoms with Crippen molar-refractivity contribution in [3.63, 3.8) is 0 Å². The Kier molecular flexibility index (Phi) is 4.33. The fourth-order valence-electron chi connectivity index (χ4n) is 0.0456. The molecule has 0 aliphatic rings. The van der Waals surface area contributed by atoms with Crippen molar-refractivity contribution >= 4 is 0 Å². The zero-order valence-electron chi connectivity index (χ0n) is 2.81. The van der Waals surface area contributed by atoms with Crippen LogP contribution in [0.5, 0.6) is 0 Å². The van der Waals surface area contributed by atoms with Gasteiger partial charge in [0.25, 0.3) is 0 Å². The van der Waals surface area contributed by atoms with Crippen LogP contribution in [0.15, 0.2) is 18.4 Å². The van der Waals surface area contributed by atoms with Crippen LogP contribution in [0.25, 0.3) is 0 Å². The van der Waals surface area contributed by atoms with Gasteiger partial charge in [0.2, 0.25) is 0 Å². The second-order valence-electron chi connectivity index (χ2n) is 0.537. The van der Waals surface area contributed by atoms with E-state index in [0.29, 0.717) is 0 Å². The molecule has 0 unspecified atom stereocenters. The van der Waals surface area contributed by atoms with Gasteiger partial charge in [-0.15, -0.1) is 0 Å². The summed E-state index contributed by atoms with van der Waals surface area (Å²) < 4.78 is 0. The third-order valence-corrected chi connectivity index (χ3v) is 0.526. The van der Waals surface area contributed by atoms with Crippen molar-refractivity contribution in [3.8, 4) is 0 Å². The van der Waals surface area contributed by atoms with E-state index in [1.54, 1.807) is 0 Å². The molecule has 0 saturated heterocycles.